The summed E-state index contributed by atoms with van der Waals surface area (Å²) in [6.45, 7) is 4.65. The Morgan fingerprint density at radius 2 is 2.20 bits per heavy atom. The molecule has 116 valence electrons. The number of piperidine rings is 1. The van der Waals surface area contributed by atoms with Crippen LogP contribution in [0.2, 0.25) is 0 Å². The molecule has 0 spiro atoms. The predicted molar refractivity (Wildman–Crippen MR) is 76.0 cm³/mol. The first kappa shape index (κ1) is 15.7. The first-order valence-electron chi connectivity index (χ1n) is 7.16. The molecule has 2 heterocycles. The van der Waals surface area contributed by atoms with Crippen molar-refractivity contribution in [3.63, 3.8) is 0 Å². The summed E-state index contributed by atoms with van der Waals surface area (Å²) in [4.78, 5) is 14.3. The molecule has 0 aromatic rings. The molecular formula is C12H24N4O3S. The number of carbonyl (C=O) groups is 1. The molecule has 2 saturated heterocycles. The van der Waals surface area contributed by atoms with Crippen LogP contribution in [-0.4, -0.2) is 51.4 Å². The number of hydrogen-bond acceptors (Lipinski definition) is 4. The SMILES string of the molecule is CC1CCNC1C(=O)N1CCCC(CNS(N)(=O)=O)C1. The molecule has 4 N–H and O–H groups in total. The van der Waals surface area contributed by atoms with Gasteiger partial charge in [0.25, 0.3) is 10.2 Å². The molecule has 0 saturated carbocycles. The molecule has 2 fully saturated rings. The summed E-state index contributed by atoms with van der Waals surface area (Å²) in [6, 6.07) is -0.0834. The Labute approximate surface area is 120 Å². The lowest BCUT2D eigenvalue weighted by molar-refractivity contribution is -0.135. The number of amides is 1. The summed E-state index contributed by atoms with van der Waals surface area (Å²) in [5, 5.41) is 8.19. The van der Waals surface area contributed by atoms with Crippen molar-refractivity contribution < 1.29 is 13.2 Å². The minimum Gasteiger partial charge on any atom is -0.341 e. The smallest absolute Gasteiger partial charge is 0.274 e. The zero-order valence-electron chi connectivity index (χ0n) is 11.8. The van der Waals surface area contributed by atoms with Crippen LogP contribution in [0, 0.1) is 11.8 Å². The summed E-state index contributed by atoms with van der Waals surface area (Å²) >= 11 is 0. The third-order valence-electron chi connectivity index (χ3n) is 4.20. The van der Waals surface area contributed by atoms with Crippen LogP contribution in [0.15, 0.2) is 0 Å². The first-order valence-corrected chi connectivity index (χ1v) is 8.71. The van der Waals surface area contributed by atoms with E-state index < -0.39 is 10.2 Å². The fraction of sp³-hybridized carbons (Fsp3) is 0.917. The Balaban J connectivity index is 1.88. The molecule has 0 aromatic heterocycles. The summed E-state index contributed by atoms with van der Waals surface area (Å²) in [6.07, 6.45) is 2.85. The van der Waals surface area contributed by atoms with Gasteiger partial charge in [-0.15, -0.1) is 0 Å². The highest BCUT2D eigenvalue weighted by molar-refractivity contribution is 7.87. The van der Waals surface area contributed by atoms with Gasteiger partial charge in [0.05, 0.1) is 6.04 Å². The van der Waals surface area contributed by atoms with Crippen LogP contribution < -0.4 is 15.2 Å². The molecule has 2 rings (SSSR count). The Kier molecular flexibility index (Phi) is 5.00. The molecule has 2 aliphatic rings. The fourth-order valence-corrected chi connectivity index (χ4v) is 3.50. The highest BCUT2D eigenvalue weighted by atomic mass is 32.2. The maximum Gasteiger partial charge on any atom is 0.274 e. The van der Waals surface area contributed by atoms with Crippen molar-refractivity contribution >= 4 is 16.1 Å². The summed E-state index contributed by atoms with van der Waals surface area (Å²) in [5.41, 5.74) is 0. The first-order chi connectivity index (χ1) is 9.37. The van der Waals surface area contributed by atoms with Crippen LogP contribution in [0.5, 0.6) is 0 Å². The molecule has 0 bridgehead atoms. The molecule has 3 unspecified atom stereocenters. The Morgan fingerprint density at radius 3 is 2.80 bits per heavy atom. The lowest BCUT2D eigenvalue weighted by Crippen LogP contribution is -2.51. The van der Waals surface area contributed by atoms with E-state index in [1.807, 2.05) is 4.90 Å². The van der Waals surface area contributed by atoms with Gasteiger partial charge in [-0.3, -0.25) is 4.79 Å². The van der Waals surface area contributed by atoms with E-state index in [0.717, 1.165) is 32.4 Å². The van der Waals surface area contributed by atoms with Crippen LogP contribution in [0.4, 0.5) is 0 Å². The van der Waals surface area contributed by atoms with Gasteiger partial charge in [-0.2, -0.15) is 8.42 Å². The molecule has 0 aliphatic carbocycles. The van der Waals surface area contributed by atoms with E-state index in [2.05, 4.69) is 17.0 Å². The second kappa shape index (κ2) is 6.38. The lowest BCUT2D eigenvalue weighted by Gasteiger charge is -2.35. The second-order valence-electron chi connectivity index (χ2n) is 5.88. The van der Waals surface area contributed by atoms with Crippen molar-refractivity contribution in [1.82, 2.24) is 14.9 Å². The van der Waals surface area contributed by atoms with E-state index in [1.165, 1.54) is 0 Å². The number of nitrogens with zero attached hydrogens (tertiary/aromatic N) is 1. The zero-order chi connectivity index (χ0) is 14.8. The van der Waals surface area contributed by atoms with Crippen molar-refractivity contribution in [2.75, 3.05) is 26.2 Å². The molecule has 3 atom stereocenters. The summed E-state index contributed by atoms with van der Waals surface area (Å²) in [5.74, 6) is 0.656. The van der Waals surface area contributed by atoms with E-state index in [1.54, 1.807) is 0 Å². The van der Waals surface area contributed by atoms with Gasteiger partial charge >= 0.3 is 0 Å². The molecule has 0 aromatic carbocycles. The molecule has 1 amide bonds. The quantitative estimate of drug-likeness (QED) is 0.620. The number of rotatable bonds is 4. The van der Waals surface area contributed by atoms with Crippen LogP contribution >= 0.6 is 0 Å². The molecule has 8 heteroatoms. The van der Waals surface area contributed by atoms with Crippen molar-refractivity contribution in [2.45, 2.75) is 32.2 Å². The highest BCUT2D eigenvalue weighted by Crippen LogP contribution is 2.21. The molecule has 20 heavy (non-hydrogen) atoms. The van der Waals surface area contributed by atoms with Crippen LogP contribution in [-0.2, 0) is 15.0 Å². The minimum absolute atomic E-state index is 0.0834. The van der Waals surface area contributed by atoms with Gasteiger partial charge in [0.1, 0.15) is 0 Å². The standard InChI is InChI=1S/C12H24N4O3S/c1-9-4-5-14-11(9)12(17)16-6-2-3-10(8-16)7-15-20(13,18)19/h9-11,14-15H,2-8H2,1H3,(H2,13,18,19). The number of nitrogens with two attached hydrogens (primary N) is 1. The van der Waals surface area contributed by atoms with E-state index >= 15 is 0 Å². The monoisotopic (exact) mass is 304 g/mol. The highest BCUT2D eigenvalue weighted by Gasteiger charge is 2.34. The van der Waals surface area contributed by atoms with Crippen LogP contribution in [0.3, 0.4) is 0 Å². The average Bonchev–Trinajstić information content (AvgIpc) is 2.81. The van der Waals surface area contributed by atoms with Gasteiger partial charge in [-0.25, -0.2) is 9.86 Å². The third-order valence-corrected chi connectivity index (χ3v) is 4.77. The lowest BCUT2D eigenvalue weighted by atomic mass is 9.96. The van der Waals surface area contributed by atoms with E-state index in [0.29, 0.717) is 19.0 Å². The van der Waals surface area contributed by atoms with Crippen molar-refractivity contribution in [3.05, 3.63) is 0 Å². The second-order valence-corrected chi connectivity index (χ2v) is 7.26. The van der Waals surface area contributed by atoms with Crippen LogP contribution in [0.1, 0.15) is 26.2 Å². The van der Waals surface area contributed by atoms with Crippen molar-refractivity contribution in [1.29, 1.82) is 0 Å². The van der Waals surface area contributed by atoms with Gasteiger partial charge in [0, 0.05) is 19.6 Å². The topological polar surface area (TPSA) is 105 Å². The Hall–Kier alpha value is -0.700. The van der Waals surface area contributed by atoms with Gasteiger partial charge in [-0.1, -0.05) is 6.92 Å². The van der Waals surface area contributed by atoms with Gasteiger partial charge < -0.3 is 10.2 Å². The third kappa shape index (κ3) is 4.15. The maximum absolute atomic E-state index is 12.5. The van der Waals surface area contributed by atoms with Gasteiger partial charge in [-0.05, 0) is 37.6 Å². The number of likely N-dealkylation sites (tertiary alicyclic amines) is 1. The Bertz CT molecular complexity index is 454. The summed E-state index contributed by atoms with van der Waals surface area (Å²) in [7, 11) is -3.65. The average molecular weight is 304 g/mol. The van der Waals surface area contributed by atoms with Crippen LogP contribution in [0.25, 0.3) is 0 Å². The molecule has 7 nitrogen and oxygen atoms in total. The fourth-order valence-electron chi connectivity index (χ4n) is 3.03. The Morgan fingerprint density at radius 1 is 1.45 bits per heavy atom. The molecular weight excluding hydrogens is 280 g/mol. The van der Waals surface area contributed by atoms with E-state index in [4.69, 9.17) is 5.14 Å². The summed E-state index contributed by atoms with van der Waals surface area (Å²) < 4.78 is 24.2. The largest absolute Gasteiger partial charge is 0.341 e. The maximum atomic E-state index is 12.5. The number of carbonyl (C=O) groups excluding carboxylic acids is 1. The predicted octanol–water partition coefficient (Wildman–Crippen LogP) is -0.984. The number of nitrogens with one attached hydrogen (secondary N) is 2. The van der Waals surface area contributed by atoms with Crippen molar-refractivity contribution in [3.8, 4) is 0 Å². The van der Waals surface area contributed by atoms with E-state index in [-0.39, 0.29) is 17.9 Å². The minimum atomic E-state index is -3.65. The van der Waals surface area contributed by atoms with Gasteiger partial charge in [0.15, 0.2) is 0 Å². The molecule has 2 aliphatic heterocycles. The molecule has 0 radical (unpaired) electrons. The normalized spacial score (nSPS) is 31.5. The number of hydrogen-bond donors (Lipinski definition) is 3. The van der Waals surface area contributed by atoms with Crippen molar-refractivity contribution in [2.24, 2.45) is 17.0 Å². The van der Waals surface area contributed by atoms with E-state index in [9.17, 15) is 13.2 Å². The zero-order valence-corrected chi connectivity index (χ0v) is 12.7. The van der Waals surface area contributed by atoms with Gasteiger partial charge in [0.2, 0.25) is 5.91 Å².